The molecule has 1 aromatic rings. The van der Waals surface area contributed by atoms with Gasteiger partial charge in [-0.2, -0.15) is 0 Å². The Hall–Kier alpha value is -0.680. The molecule has 1 atom stereocenters. The van der Waals surface area contributed by atoms with Crippen molar-refractivity contribution in [3.05, 3.63) is 16.9 Å². The second-order valence-electron chi connectivity index (χ2n) is 3.32. The van der Waals surface area contributed by atoms with Crippen LogP contribution in [-0.4, -0.2) is 35.8 Å². The van der Waals surface area contributed by atoms with Gasteiger partial charge in [-0.3, -0.25) is 0 Å². The van der Waals surface area contributed by atoms with Crippen molar-refractivity contribution >= 4 is 21.9 Å². The molecule has 0 aliphatic carbocycles. The van der Waals surface area contributed by atoms with Gasteiger partial charge in [-0.05, 0) is 22.9 Å². The minimum Gasteiger partial charge on any atom is -0.377 e. The zero-order valence-electron chi connectivity index (χ0n) is 7.98. The van der Waals surface area contributed by atoms with Gasteiger partial charge in [0, 0.05) is 18.9 Å². The van der Waals surface area contributed by atoms with E-state index in [2.05, 4.69) is 37.7 Å². The summed E-state index contributed by atoms with van der Waals surface area (Å²) in [6, 6.07) is 0.352. The van der Waals surface area contributed by atoms with Gasteiger partial charge < -0.3 is 9.64 Å². The number of rotatable bonds is 1. The van der Waals surface area contributed by atoms with E-state index in [1.807, 2.05) is 0 Å². The molecule has 1 aliphatic rings. The first kappa shape index (κ1) is 9.86. The monoisotopic (exact) mass is 257 g/mol. The van der Waals surface area contributed by atoms with Crippen LogP contribution >= 0.6 is 15.9 Å². The average Bonchev–Trinajstić information content (AvgIpc) is 2.20. The number of anilines is 1. The Balaban J connectivity index is 2.16. The van der Waals surface area contributed by atoms with Crippen LogP contribution in [0, 0.1) is 0 Å². The van der Waals surface area contributed by atoms with E-state index >= 15 is 0 Å². The van der Waals surface area contributed by atoms with Crippen molar-refractivity contribution < 1.29 is 4.74 Å². The van der Waals surface area contributed by atoms with Crippen molar-refractivity contribution in [2.45, 2.75) is 13.0 Å². The van der Waals surface area contributed by atoms with Gasteiger partial charge in [0.2, 0.25) is 5.95 Å². The van der Waals surface area contributed by atoms with Gasteiger partial charge in [0.25, 0.3) is 0 Å². The van der Waals surface area contributed by atoms with Crippen LogP contribution in [0.25, 0.3) is 0 Å². The first-order valence-corrected chi connectivity index (χ1v) is 5.38. The Morgan fingerprint density at radius 1 is 1.50 bits per heavy atom. The highest BCUT2D eigenvalue weighted by atomic mass is 79.9. The van der Waals surface area contributed by atoms with Crippen LogP contribution in [0.2, 0.25) is 0 Å². The van der Waals surface area contributed by atoms with E-state index < -0.39 is 0 Å². The Kier molecular flexibility index (Phi) is 2.98. The highest BCUT2D eigenvalue weighted by Gasteiger charge is 2.20. The normalized spacial score (nSPS) is 22.4. The molecule has 2 heterocycles. The molecule has 0 spiro atoms. The number of nitrogens with zero attached hydrogens (tertiary/aromatic N) is 3. The predicted octanol–water partition coefficient (Wildman–Crippen LogP) is 1.46. The molecule has 2 rings (SSSR count). The van der Waals surface area contributed by atoms with E-state index in [4.69, 9.17) is 4.74 Å². The van der Waals surface area contributed by atoms with Crippen LogP contribution < -0.4 is 4.90 Å². The zero-order chi connectivity index (χ0) is 9.97. The summed E-state index contributed by atoms with van der Waals surface area (Å²) in [5, 5.41) is 0. The van der Waals surface area contributed by atoms with Gasteiger partial charge >= 0.3 is 0 Å². The van der Waals surface area contributed by atoms with Crippen molar-refractivity contribution in [3.63, 3.8) is 0 Å². The molecule has 0 unspecified atom stereocenters. The lowest BCUT2D eigenvalue weighted by atomic mass is 10.3. The first-order chi connectivity index (χ1) is 6.77. The van der Waals surface area contributed by atoms with Crippen LogP contribution in [0.4, 0.5) is 5.95 Å². The summed E-state index contributed by atoms with van der Waals surface area (Å²) in [6.07, 6.45) is 3.54. The van der Waals surface area contributed by atoms with E-state index in [0.29, 0.717) is 6.04 Å². The van der Waals surface area contributed by atoms with Crippen LogP contribution in [-0.2, 0) is 4.74 Å². The number of hydrogen-bond acceptors (Lipinski definition) is 4. The lowest BCUT2D eigenvalue weighted by Crippen LogP contribution is -2.44. The molecule has 1 saturated heterocycles. The van der Waals surface area contributed by atoms with Gasteiger partial charge in [0.1, 0.15) is 0 Å². The summed E-state index contributed by atoms with van der Waals surface area (Å²) >= 11 is 3.32. The predicted molar refractivity (Wildman–Crippen MR) is 57.4 cm³/mol. The lowest BCUT2D eigenvalue weighted by Gasteiger charge is -2.33. The third-order valence-electron chi connectivity index (χ3n) is 2.23. The Bertz CT molecular complexity index is 303. The SMILES string of the molecule is C[C@@H]1COCCN1c1ncc(Br)cn1. The third kappa shape index (κ3) is 2.04. The molecular weight excluding hydrogens is 246 g/mol. The maximum atomic E-state index is 5.35. The van der Waals surface area contributed by atoms with E-state index in [1.54, 1.807) is 12.4 Å². The number of halogens is 1. The minimum atomic E-state index is 0.352. The summed E-state index contributed by atoms with van der Waals surface area (Å²) in [6.45, 7) is 4.48. The molecule has 0 radical (unpaired) electrons. The van der Waals surface area contributed by atoms with Crippen LogP contribution in [0.1, 0.15) is 6.92 Å². The zero-order valence-corrected chi connectivity index (χ0v) is 9.57. The fourth-order valence-corrected chi connectivity index (χ4v) is 1.68. The lowest BCUT2D eigenvalue weighted by molar-refractivity contribution is 0.0981. The molecule has 5 heteroatoms. The number of ether oxygens (including phenoxy) is 1. The quantitative estimate of drug-likeness (QED) is 0.764. The summed E-state index contributed by atoms with van der Waals surface area (Å²) in [7, 11) is 0. The Labute approximate surface area is 91.4 Å². The van der Waals surface area contributed by atoms with Gasteiger partial charge in [-0.15, -0.1) is 0 Å². The van der Waals surface area contributed by atoms with E-state index in [9.17, 15) is 0 Å². The third-order valence-corrected chi connectivity index (χ3v) is 2.64. The minimum absolute atomic E-state index is 0.352. The van der Waals surface area contributed by atoms with Crippen molar-refractivity contribution in [1.29, 1.82) is 0 Å². The standard InChI is InChI=1S/C9H12BrN3O/c1-7-6-14-3-2-13(7)9-11-4-8(10)5-12-9/h4-5,7H,2-3,6H2,1H3/t7-/m1/s1. The molecule has 1 fully saturated rings. The molecule has 0 N–H and O–H groups in total. The summed E-state index contributed by atoms with van der Waals surface area (Å²) in [5.74, 6) is 0.781. The highest BCUT2D eigenvalue weighted by molar-refractivity contribution is 9.10. The van der Waals surface area contributed by atoms with E-state index in [-0.39, 0.29) is 0 Å². The number of morpholine rings is 1. The van der Waals surface area contributed by atoms with Gasteiger partial charge in [0.05, 0.1) is 23.7 Å². The molecule has 0 saturated carbocycles. The fourth-order valence-electron chi connectivity index (χ4n) is 1.48. The largest absolute Gasteiger partial charge is 0.377 e. The molecule has 0 bridgehead atoms. The van der Waals surface area contributed by atoms with Gasteiger partial charge in [-0.1, -0.05) is 0 Å². The second kappa shape index (κ2) is 4.23. The smallest absolute Gasteiger partial charge is 0.225 e. The molecule has 14 heavy (non-hydrogen) atoms. The maximum Gasteiger partial charge on any atom is 0.225 e. The Morgan fingerprint density at radius 3 is 2.86 bits per heavy atom. The van der Waals surface area contributed by atoms with Crippen LogP contribution in [0.3, 0.4) is 0 Å². The highest BCUT2D eigenvalue weighted by Crippen LogP contribution is 2.15. The van der Waals surface area contributed by atoms with Gasteiger partial charge in [-0.25, -0.2) is 9.97 Å². The molecule has 0 aromatic carbocycles. The molecule has 76 valence electrons. The summed E-state index contributed by atoms with van der Waals surface area (Å²) in [4.78, 5) is 10.7. The van der Waals surface area contributed by atoms with Gasteiger partial charge in [0.15, 0.2) is 0 Å². The molecule has 0 amide bonds. The first-order valence-electron chi connectivity index (χ1n) is 4.59. The molecule has 1 aromatic heterocycles. The average molecular weight is 258 g/mol. The van der Waals surface area contributed by atoms with E-state index in [0.717, 1.165) is 30.2 Å². The number of aromatic nitrogens is 2. The van der Waals surface area contributed by atoms with Crippen molar-refractivity contribution in [3.8, 4) is 0 Å². The molecular formula is C9H12BrN3O. The van der Waals surface area contributed by atoms with E-state index in [1.165, 1.54) is 0 Å². The van der Waals surface area contributed by atoms with Crippen LogP contribution in [0.15, 0.2) is 16.9 Å². The van der Waals surface area contributed by atoms with Crippen molar-refractivity contribution in [1.82, 2.24) is 9.97 Å². The topological polar surface area (TPSA) is 38.2 Å². The fraction of sp³-hybridized carbons (Fsp3) is 0.556. The maximum absolute atomic E-state index is 5.35. The molecule has 4 nitrogen and oxygen atoms in total. The summed E-state index contributed by atoms with van der Waals surface area (Å²) < 4.78 is 6.26. The summed E-state index contributed by atoms with van der Waals surface area (Å²) in [5.41, 5.74) is 0. The van der Waals surface area contributed by atoms with Crippen molar-refractivity contribution in [2.24, 2.45) is 0 Å². The Morgan fingerprint density at radius 2 is 2.21 bits per heavy atom. The van der Waals surface area contributed by atoms with Crippen LogP contribution in [0.5, 0.6) is 0 Å². The number of hydrogen-bond donors (Lipinski definition) is 0. The molecule has 1 aliphatic heterocycles. The second-order valence-corrected chi connectivity index (χ2v) is 4.23. The van der Waals surface area contributed by atoms with Crippen molar-refractivity contribution in [2.75, 3.05) is 24.7 Å².